The first kappa shape index (κ1) is 12.7. The smallest absolute Gasteiger partial charge is 0.298 e. The molecule has 0 heterocycles. The highest BCUT2D eigenvalue weighted by atomic mass is 32.2. The summed E-state index contributed by atoms with van der Waals surface area (Å²) in [5.74, 6) is -1.06. The van der Waals surface area contributed by atoms with Crippen LogP contribution in [0.3, 0.4) is 0 Å². The van der Waals surface area contributed by atoms with Crippen molar-refractivity contribution in [1.82, 2.24) is 0 Å². The number of phenols is 1. The Morgan fingerprint density at radius 1 is 1.47 bits per heavy atom. The minimum Gasteiger partial charge on any atom is -0.506 e. The Bertz CT molecular complexity index is 632. The van der Waals surface area contributed by atoms with E-state index in [1.54, 1.807) is 0 Å². The fourth-order valence-electron chi connectivity index (χ4n) is 1.01. The van der Waals surface area contributed by atoms with E-state index in [4.69, 9.17) is 10.1 Å². The molecule has 1 rings (SSSR count). The normalized spacial score (nSPS) is 10.6. The summed E-state index contributed by atoms with van der Waals surface area (Å²) in [5.41, 5.74) is 6.71. The maximum Gasteiger partial charge on any atom is 0.298 e. The van der Waals surface area contributed by atoms with Crippen molar-refractivity contribution in [1.29, 1.82) is 0 Å². The fourth-order valence-corrected chi connectivity index (χ4v) is 1.62. The van der Waals surface area contributed by atoms with Crippen LogP contribution < -0.4 is 0 Å². The van der Waals surface area contributed by atoms with Crippen LogP contribution in [0.4, 0.5) is 11.4 Å². The van der Waals surface area contributed by atoms with E-state index < -0.39 is 37.1 Å². The molecule has 0 aliphatic rings. The number of azide groups is 1. The van der Waals surface area contributed by atoms with Crippen LogP contribution in [0.2, 0.25) is 0 Å². The van der Waals surface area contributed by atoms with Crippen LogP contribution in [0, 0.1) is 10.1 Å². The molecule has 0 bridgehead atoms. The molecule has 2 N–H and O–H groups in total. The Morgan fingerprint density at radius 2 is 2.06 bits per heavy atom. The van der Waals surface area contributed by atoms with Crippen LogP contribution in [0.25, 0.3) is 10.4 Å². The van der Waals surface area contributed by atoms with Crippen LogP contribution in [-0.4, -0.2) is 23.0 Å². The molecule has 0 amide bonds. The summed E-state index contributed by atoms with van der Waals surface area (Å²) in [6.07, 6.45) is 0. The zero-order valence-corrected chi connectivity index (χ0v) is 8.70. The van der Waals surface area contributed by atoms with Gasteiger partial charge in [0.2, 0.25) is 0 Å². The predicted molar refractivity (Wildman–Crippen MR) is 53.4 cm³/mol. The second-order valence-electron chi connectivity index (χ2n) is 2.73. The number of nitro benzene ring substituents is 1. The fraction of sp³-hybridized carbons (Fsp3) is 0. The highest BCUT2D eigenvalue weighted by Gasteiger charge is 2.23. The third-order valence-corrected chi connectivity index (χ3v) is 2.55. The van der Waals surface area contributed by atoms with Gasteiger partial charge >= 0.3 is 0 Å². The van der Waals surface area contributed by atoms with Gasteiger partial charge in [0.15, 0.2) is 0 Å². The summed E-state index contributed by atoms with van der Waals surface area (Å²) in [7, 11) is -4.87. The van der Waals surface area contributed by atoms with Gasteiger partial charge in [-0.25, -0.2) is 0 Å². The Labute approximate surface area is 93.6 Å². The number of non-ortho nitro benzene ring substituents is 1. The number of rotatable bonds is 3. The molecule has 0 aromatic heterocycles. The zero-order chi connectivity index (χ0) is 13.2. The zero-order valence-electron chi connectivity index (χ0n) is 7.88. The van der Waals surface area contributed by atoms with Gasteiger partial charge in [0.1, 0.15) is 10.6 Å². The Morgan fingerprint density at radius 3 is 2.47 bits per heavy atom. The molecule has 0 atom stereocenters. The van der Waals surface area contributed by atoms with Crippen molar-refractivity contribution in [2.45, 2.75) is 4.90 Å². The molecule has 1 aromatic carbocycles. The first-order valence-corrected chi connectivity index (χ1v) is 5.25. The number of hydrogen-bond donors (Lipinski definition) is 2. The van der Waals surface area contributed by atoms with Crippen molar-refractivity contribution in [3.63, 3.8) is 0 Å². The van der Waals surface area contributed by atoms with E-state index in [0.29, 0.717) is 12.1 Å². The maximum absolute atomic E-state index is 10.8. The van der Waals surface area contributed by atoms with E-state index in [-0.39, 0.29) is 0 Å². The van der Waals surface area contributed by atoms with Gasteiger partial charge < -0.3 is 5.11 Å². The molecule has 0 radical (unpaired) electrons. The highest BCUT2D eigenvalue weighted by Crippen LogP contribution is 2.37. The number of aromatic hydroxyl groups is 1. The molecular weight excluding hydrogens is 256 g/mol. The molecule has 17 heavy (non-hydrogen) atoms. The van der Waals surface area contributed by atoms with E-state index in [9.17, 15) is 23.6 Å². The topological polar surface area (TPSA) is 166 Å². The van der Waals surface area contributed by atoms with E-state index in [2.05, 4.69) is 10.0 Å². The molecule has 0 aliphatic heterocycles. The number of nitrogens with zero attached hydrogens (tertiary/aromatic N) is 4. The van der Waals surface area contributed by atoms with Crippen molar-refractivity contribution >= 4 is 21.5 Å². The number of nitro groups is 1. The van der Waals surface area contributed by atoms with Gasteiger partial charge in [0.25, 0.3) is 15.8 Å². The maximum atomic E-state index is 10.8. The van der Waals surface area contributed by atoms with Crippen LogP contribution in [0.5, 0.6) is 5.75 Å². The molecule has 1 aromatic rings. The van der Waals surface area contributed by atoms with Gasteiger partial charge in [-0.2, -0.15) is 8.42 Å². The minimum absolute atomic E-state index is 0.445. The quantitative estimate of drug-likeness (QED) is 0.208. The Hall–Kier alpha value is -2.36. The van der Waals surface area contributed by atoms with Gasteiger partial charge in [-0.1, -0.05) is 5.11 Å². The number of benzene rings is 1. The lowest BCUT2D eigenvalue weighted by molar-refractivity contribution is -0.385. The third-order valence-electron chi connectivity index (χ3n) is 1.68. The second kappa shape index (κ2) is 4.25. The lowest BCUT2D eigenvalue weighted by Gasteiger charge is -2.03. The Balaban J connectivity index is 3.72. The van der Waals surface area contributed by atoms with Crippen LogP contribution >= 0.6 is 0 Å². The van der Waals surface area contributed by atoms with Gasteiger partial charge in [0, 0.05) is 17.0 Å². The molecule has 0 saturated carbocycles. The predicted octanol–water partition coefficient (Wildman–Crippen LogP) is 1.49. The standard InChI is InChI=1S/C6H4N4O6S/c7-9-8-4-1-3(10(12)13)2-5(6(4)11)17(14,15)16/h1-2,11H,(H,14,15,16). The van der Waals surface area contributed by atoms with Crippen LogP contribution in [0.1, 0.15) is 0 Å². The summed E-state index contributed by atoms with van der Waals surface area (Å²) in [6.45, 7) is 0. The largest absolute Gasteiger partial charge is 0.506 e. The molecule has 11 heteroatoms. The van der Waals surface area contributed by atoms with Gasteiger partial charge in [-0.05, 0) is 5.53 Å². The summed E-state index contributed by atoms with van der Waals surface area (Å²) < 4.78 is 30.4. The lowest BCUT2D eigenvalue weighted by Crippen LogP contribution is -2.00. The minimum atomic E-state index is -4.87. The second-order valence-corrected chi connectivity index (χ2v) is 4.12. The first-order valence-electron chi connectivity index (χ1n) is 3.81. The molecule has 0 fully saturated rings. The van der Waals surface area contributed by atoms with Crippen LogP contribution in [0.15, 0.2) is 22.1 Å². The average Bonchev–Trinajstić information content (AvgIpc) is 2.19. The van der Waals surface area contributed by atoms with Gasteiger partial charge in [-0.15, -0.1) is 0 Å². The number of hydrogen-bond acceptors (Lipinski definition) is 6. The van der Waals surface area contributed by atoms with Crippen molar-refractivity contribution in [2.75, 3.05) is 0 Å². The molecule has 10 nitrogen and oxygen atoms in total. The molecule has 0 aliphatic carbocycles. The first-order chi connectivity index (χ1) is 7.77. The SMILES string of the molecule is [N-]=[N+]=Nc1cc([N+](=O)[O-])cc(S(=O)(=O)O)c1O. The highest BCUT2D eigenvalue weighted by molar-refractivity contribution is 7.86. The van der Waals surface area contributed by atoms with Crippen molar-refractivity contribution in [3.05, 3.63) is 32.7 Å². The molecular formula is C6H4N4O6S. The van der Waals surface area contributed by atoms with E-state index in [1.807, 2.05) is 0 Å². The number of phenolic OH excluding ortho intramolecular Hbond substituents is 1. The van der Waals surface area contributed by atoms with Crippen molar-refractivity contribution in [2.24, 2.45) is 5.11 Å². The van der Waals surface area contributed by atoms with Crippen LogP contribution in [-0.2, 0) is 10.1 Å². The van der Waals surface area contributed by atoms with E-state index >= 15 is 0 Å². The molecule has 0 saturated heterocycles. The molecule has 0 unspecified atom stereocenters. The monoisotopic (exact) mass is 260 g/mol. The summed E-state index contributed by atoms with van der Waals surface area (Å²) in [5, 5.41) is 22.7. The van der Waals surface area contributed by atoms with Gasteiger partial charge in [0.05, 0.1) is 10.6 Å². The lowest BCUT2D eigenvalue weighted by atomic mass is 10.2. The molecule has 0 spiro atoms. The van der Waals surface area contributed by atoms with Gasteiger partial charge in [-0.3, -0.25) is 14.7 Å². The summed E-state index contributed by atoms with van der Waals surface area (Å²) in [6, 6.07) is 1.12. The van der Waals surface area contributed by atoms with E-state index in [1.165, 1.54) is 0 Å². The van der Waals surface area contributed by atoms with Crippen molar-refractivity contribution in [3.8, 4) is 5.75 Å². The summed E-state index contributed by atoms with van der Waals surface area (Å²) >= 11 is 0. The molecule has 90 valence electrons. The van der Waals surface area contributed by atoms with Crippen molar-refractivity contribution < 1.29 is 23.0 Å². The van der Waals surface area contributed by atoms with E-state index in [0.717, 1.165) is 0 Å². The third kappa shape index (κ3) is 2.60. The Kier molecular flexibility index (Phi) is 3.18. The average molecular weight is 260 g/mol. The summed E-state index contributed by atoms with van der Waals surface area (Å²) in [4.78, 5) is 10.6.